The quantitative estimate of drug-likeness (QED) is 0.536. The van der Waals surface area contributed by atoms with Gasteiger partial charge in [0.1, 0.15) is 11.6 Å². The minimum absolute atomic E-state index is 0.128. The second-order valence-corrected chi connectivity index (χ2v) is 7.02. The van der Waals surface area contributed by atoms with Gasteiger partial charge in [0.25, 0.3) is 0 Å². The van der Waals surface area contributed by atoms with Crippen molar-refractivity contribution in [3.8, 4) is 17.0 Å². The summed E-state index contributed by atoms with van der Waals surface area (Å²) < 4.78 is 41.1. The van der Waals surface area contributed by atoms with E-state index in [4.69, 9.17) is 0 Å². The predicted octanol–water partition coefficient (Wildman–Crippen LogP) is 5.33. The molecular weight excluding hydrogens is 405 g/mol. The van der Waals surface area contributed by atoms with Gasteiger partial charge in [-0.2, -0.15) is 0 Å². The summed E-state index contributed by atoms with van der Waals surface area (Å²) in [5.74, 6) is 0.697. The third-order valence-electron chi connectivity index (χ3n) is 5.04. The number of aromatic nitrogens is 3. The lowest BCUT2D eigenvalue weighted by Gasteiger charge is -2.40. The highest BCUT2D eigenvalue weighted by Gasteiger charge is 2.33. The van der Waals surface area contributed by atoms with Gasteiger partial charge in [0, 0.05) is 37.0 Å². The van der Waals surface area contributed by atoms with E-state index in [1.165, 1.54) is 12.1 Å². The van der Waals surface area contributed by atoms with Crippen LogP contribution in [0.4, 0.5) is 19.0 Å². The van der Waals surface area contributed by atoms with Crippen LogP contribution in [-0.4, -0.2) is 34.4 Å². The first kappa shape index (κ1) is 20.6. The van der Waals surface area contributed by atoms with Crippen LogP contribution < -0.4 is 9.64 Å². The van der Waals surface area contributed by atoms with Crippen LogP contribution in [0.2, 0.25) is 0 Å². The molecule has 1 saturated heterocycles. The lowest BCUT2D eigenvalue weighted by atomic mass is 9.92. The Balaban J connectivity index is 1.52. The van der Waals surface area contributed by atoms with Crippen molar-refractivity contribution in [2.75, 3.05) is 18.0 Å². The maximum Gasteiger partial charge on any atom is 0.573 e. The fourth-order valence-electron chi connectivity index (χ4n) is 3.51. The van der Waals surface area contributed by atoms with Crippen LogP contribution in [0.25, 0.3) is 23.4 Å². The van der Waals surface area contributed by atoms with Crippen molar-refractivity contribution in [2.24, 2.45) is 0 Å². The van der Waals surface area contributed by atoms with Gasteiger partial charge in [-0.05, 0) is 48.0 Å². The van der Waals surface area contributed by atoms with E-state index in [1.807, 2.05) is 12.1 Å². The van der Waals surface area contributed by atoms with Crippen molar-refractivity contribution in [1.82, 2.24) is 15.0 Å². The summed E-state index contributed by atoms with van der Waals surface area (Å²) in [7, 11) is 0. The van der Waals surface area contributed by atoms with Gasteiger partial charge in [-0.25, -0.2) is 4.98 Å². The van der Waals surface area contributed by atoms with E-state index in [1.54, 1.807) is 36.7 Å². The zero-order valence-electron chi connectivity index (χ0n) is 16.5. The summed E-state index contributed by atoms with van der Waals surface area (Å²) in [4.78, 5) is 15.7. The van der Waals surface area contributed by atoms with Crippen LogP contribution in [0.15, 0.2) is 61.9 Å². The zero-order valence-corrected chi connectivity index (χ0v) is 16.5. The van der Waals surface area contributed by atoms with Gasteiger partial charge in [-0.3, -0.25) is 9.97 Å². The van der Waals surface area contributed by atoms with Gasteiger partial charge in [0.2, 0.25) is 0 Å². The Morgan fingerprint density at radius 2 is 1.68 bits per heavy atom. The molecule has 4 rings (SSSR count). The van der Waals surface area contributed by atoms with Gasteiger partial charge in [-0.1, -0.05) is 19.2 Å². The molecule has 0 spiro atoms. The van der Waals surface area contributed by atoms with Gasteiger partial charge in [-0.15, -0.1) is 13.2 Å². The molecule has 5 nitrogen and oxygen atoms in total. The number of hydrogen-bond acceptors (Lipinski definition) is 5. The van der Waals surface area contributed by atoms with Gasteiger partial charge < -0.3 is 9.64 Å². The molecule has 158 valence electrons. The Bertz CT molecular complexity index is 1110. The summed E-state index contributed by atoms with van der Waals surface area (Å²) >= 11 is 0. The van der Waals surface area contributed by atoms with Crippen molar-refractivity contribution in [3.63, 3.8) is 0 Å². The highest BCUT2D eigenvalue weighted by atomic mass is 19.4. The summed E-state index contributed by atoms with van der Waals surface area (Å²) in [5.41, 5.74) is 3.82. The molecule has 0 radical (unpaired) electrons. The normalized spacial score (nSPS) is 14.1. The third kappa shape index (κ3) is 4.42. The first-order valence-electron chi connectivity index (χ1n) is 9.56. The molecule has 1 aliphatic heterocycles. The Morgan fingerprint density at radius 1 is 0.968 bits per heavy atom. The minimum Gasteiger partial charge on any atom is -0.406 e. The lowest BCUT2D eigenvalue weighted by Crippen LogP contribution is -2.46. The van der Waals surface area contributed by atoms with E-state index < -0.39 is 6.36 Å². The number of pyridine rings is 1. The Morgan fingerprint density at radius 3 is 2.32 bits per heavy atom. The van der Waals surface area contributed by atoms with Crippen LogP contribution >= 0.6 is 0 Å². The van der Waals surface area contributed by atoms with Crippen LogP contribution in [0.5, 0.6) is 5.75 Å². The van der Waals surface area contributed by atoms with Crippen LogP contribution in [0.1, 0.15) is 22.9 Å². The van der Waals surface area contributed by atoms with Crippen molar-refractivity contribution in [1.29, 1.82) is 0 Å². The molecule has 3 heterocycles. The molecular formula is C23H19F3N4O. The highest BCUT2D eigenvalue weighted by Crippen LogP contribution is 2.35. The molecule has 0 bridgehead atoms. The number of rotatable bonds is 6. The lowest BCUT2D eigenvalue weighted by molar-refractivity contribution is -0.274. The van der Waals surface area contributed by atoms with Gasteiger partial charge in [0.15, 0.2) is 0 Å². The molecule has 0 aliphatic carbocycles. The SMILES string of the molecule is C=Cc1ccc(N2CC(c3nccnc3-c3ccc(OC(F)(F)F)cc3)C2)nc1C=C. The van der Waals surface area contributed by atoms with Crippen LogP contribution in [0, 0.1) is 0 Å². The van der Waals surface area contributed by atoms with E-state index in [0.29, 0.717) is 24.3 Å². The number of benzene rings is 1. The van der Waals surface area contributed by atoms with E-state index >= 15 is 0 Å². The molecule has 2 aromatic heterocycles. The number of nitrogens with zero attached hydrogens (tertiary/aromatic N) is 4. The number of alkyl halides is 3. The van der Waals surface area contributed by atoms with E-state index in [0.717, 1.165) is 22.8 Å². The molecule has 0 saturated carbocycles. The highest BCUT2D eigenvalue weighted by molar-refractivity contribution is 5.66. The Labute approximate surface area is 177 Å². The zero-order chi connectivity index (χ0) is 22.0. The van der Waals surface area contributed by atoms with Crippen molar-refractivity contribution in [3.05, 3.63) is 78.9 Å². The van der Waals surface area contributed by atoms with Crippen molar-refractivity contribution < 1.29 is 17.9 Å². The molecule has 3 aromatic rings. The summed E-state index contributed by atoms with van der Waals surface area (Å²) in [6.07, 6.45) is 1.91. The monoisotopic (exact) mass is 424 g/mol. The molecule has 0 unspecified atom stereocenters. The van der Waals surface area contributed by atoms with Gasteiger partial charge in [0.05, 0.1) is 17.1 Å². The summed E-state index contributed by atoms with van der Waals surface area (Å²) in [5, 5.41) is 0. The molecule has 8 heteroatoms. The van der Waals surface area contributed by atoms with Crippen LogP contribution in [0.3, 0.4) is 0 Å². The van der Waals surface area contributed by atoms with Crippen LogP contribution in [-0.2, 0) is 0 Å². The van der Waals surface area contributed by atoms with E-state index in [-0.39, 0.29) is 11.7 Å². The first-order chi connectivity index (χ1) is 14.9. The second kappa shape index (κ2) is 8.22. The molecule has 0 atom stereocenters. The fourth-order valence-corrected chi connectivity index (χ4v) is 3.51. The molecule has 0 amide bonds. The fraction of sp³-hybridized carbons (Fsp3) is 0.174. The average Bonchev–Trinajstić information content (AvgIpc) is 2.72. The first-order valence-corrected chi connectivity index (χ1v) is 9.56. The van der Waals surface area contributed by atoms with E-state index in [9.17, 15) is 13.2 Å². The maximum absolute atomic E-state index is 12.4. The molecule has 31 heavy (non-hydrogen) atoms. The number of halogens is 3. The number of ether oxygens (including phenoxy) is 1. The van der Waals surface area contributed by atoms with E-state index in [2.05, 4.69) is 37.7 Å². The second-order valence-electron chi connectivity index (χ2n) is 7.02. The predicted molar refractivity (Wildman–Crippen MR) is 114 cm³/mol. The molecule has 1 aromatic carbocycles. The number of hydrogen-bond donors (Lipinski definition) is 0. The van der Waals surface area contributed by atoms with Crippen molar-refractivity contribution in [2.45, 2.75) is 12.3 Å². The maximum atomic E-state index is 12.4. The molecule has 1 fully saturated rings. The topological polar surface area (TPSA) is 51.1 Å². The average molecular weight is 424 g/mol. The minimum atomic E-state index is -4.72. The largest absolute Gasteiger partial charge is 0.573 e. The smallest absolute Gasteiger partial charge is 0.406 e. The summed E-state index contributed by atoms with van der Waals surface area (Å²) in [6, 6.07) is 9.55. The summed E-state index contributed by atoms with van der Waals surface area (Å²) in [6.45, 7) is 8.99. The molecule has 0 N–H and O–H groups in total. The van der Waals surface area contributed by atoms with Crippen molar-refractivity contribution >= 4 is 18.0 Å². The standard InChI is InChI=1S/C23H19F3N4O/c1-3-15-7-10-20(29-19(15)4-2)30-13-17(14-30)22-21(27-11-12-28-22)16-5-8-18(9-6-16)31-23(24,25)26/h3-12,17H,1-2,13-14H2. The molecule has 1 aliphatic rings. The number of anilines is 1. The third-order valence-corrected chi connectivity index (χ3v) is 5.04. The van der Waals surface area contributed by atoms with Gasteiger partial charge >= 0.3 is 6.36 Å². The Hall–Kier alpha value is -3.68. The Kier molecular flexibility index (Phi) is 5.46.